The van der Waals surface area contributed by atoms with Crippen molar-refractivity contribution in [2.24, 2.45) is 5.73 Å². The van der Waals surface area contributed by atoms with Crippen LogP contribution in [0.15, 0.2) is 18.3 Å². The third kappa shape index (κ3) is 3.09. The Hall–Kier alpha value is -1.29. The van der Waals surface area contributed by atoms with Gasteiger partial charge in [0.2, 0.25) is 0 Å². The molecule has 2 rings (SSSR count). The van der Waals surface area contributed by atoms with E-state index < -0.39 is 0 Å². The van der Waals surface area contributed by atoms with Crippen molar-refractivity contribution in [3.05, 3.63) is 18.3 Å². The summed E-state index contributed by atoms with van der Waals surface area (Å²) in [4.78, 5) is 6.67. The maximum Gasteiger partial charge on any atom is 0.171 e. The van der Waals surface area contributed by atoms with Gasteiger partial charge in [-0.2, -0.15) is 0 Å². The van der Waals surface area contributed by atoms with Crippen molar-refractivity contribution >= 4 is 5.82 Å². The number of hydrogen-bond acceptors (Lipinski definition) is 4. The molecular weight excluding hydrogens is 214 g/mol. The van der Waals surface area contributed by atoms with Crippen LogP contribution in [0.4, 0.5) is 5.82 Å². The van der Waals surface area contributed by atoms with Gasteiger partial charge < -0.3 is 15.4 Å². The first-order valence-corrected chi connectivity index (χ1v) is 6.39. The van der Waals surface area contributed by atoms with E-state index in [2.05, 4.69) is 16.8 Å². The molecule has 0 spiro atoms. The Morgan fingerprint density at radius 1 is 1.59 bits per heavy atom. The highest BCUT2D eigenvalue weighted by Gasteiger charge is 2.20. The quantitative estimate of drug-likeness (QED) is 0.864. The summed E-state index contributed by atoms with van der Waals surface area (Å²) in [5, 5.41) is 0. The lowest BCUT2D eigenvalue weighted by Crippen LogP contribution is -2.43. The first-order valence-electron chi connectivity index (χ1n) is 6.39. The minimum Gasteiger partial charge on any atom is -0.490 e. The summed E-state index contributed by atoms with van der Waals surface area (Å²) in [7, 11) is 0. The summed E-state index contributed by atoms with van der Waals surface area (Å²) >= 11 is 0. The van der Waals surface area contributed by atoms with Gasteiger partial charge in [0.15, 0.2) is 11.6 Å². The first kappa shape index (κ1) is 12.2. The summed E-state index contributed by atoms with van der Waals surface area (Å²) in [5.74, 6) is 1.82. The van der Waals surface area contributed by atoms with Crippen LogP contribution in [0, 0.1) is 0 Å². The minimum atomic E-state index is 0.254. The lowest BCUT2D eigenvalue weighted by Gasteiger charge is -2.32. The Kier molecular flexibility index (Phi) is 4.20. The molecule has 1 aliphatic heterocycles. The van der Waals surface area contributed by atoms with E-state index in [9.17, 15) is 0 Å². The van der Waals surface area contributed by atoms with Crippen LogP contribution in [0.3, 0.4) is 0 Å². The molecule has 0 unspecified atom stereocenters. The number of aromatic nitrogens is 1. The van der Waals surface area contributed by atoms with Crippen LogP contribution in [-0.4, -0.2) is 30.7 Å². The molecule has 2 N–H and O–H groups in total. The van der Waals surface area contributed by atoms with Gasteiger partial charge in [-0.05, 0) is 31.4 Å². The first-order chi connectivity index (χ1) is 8.31. The van der Waals surface area contributed by atoms with Gasteiger partial charge >= 0.3 is 0 Å². The lowest BCUT2D eigenvalue weighted by atomic mass is 10.1. The third-order valence-corrected chi connectivity index (χ3v) is 2.97. The number of anilines is 1. The Labute approximate surface area is 103 Å². The van der Waals surface area contributed by atoms with Crippen molar-refractivity contribution in [1.82, 2.24) is 4.98 Å². The van der Waals surface area contributed by atoms with E-state index in [0.717, 1.165) is 50.5 Å². The second-order valence-corrected chi connectivity index (χ2v) is 4.52. The number of nitrogens with zero attached hydrogens (tertiary/aromatic N) is 2. The molecule has 4 nitrogen and oxygen atoms in total. The SMILES string of the molecule is CCCOc1cccnc1N1CCC[C@@H](N)C1. The van der Waals surface area contributed by atoms with E-state index in [0.29, 0.717) is 0 Å². The zero-order chi connectivity index (χ0) is 12.1. The molecule has 0 amide bonds. The van der Waals surface area contributed by atoms with Crippen molar-refractivity contribution in [2.45, 2.75) is 32.2 Å². The van der Waals surface area contributed by atoms with Crippen LogP contribution in [-0.2, 0) is 0 Å². The molecule has 1 aromatic heterocycles. The Morgan fingerprint density at radius 2 is 2.47 bits per heavy atom. The van der Waals surface area contributed by atoms with Crippen LogP contribution in [0.1, 0.15) is 26.2 Å². The van der Waals surface area contributed by atoms with Gasteiger partial charge in [0.25, 0.3) is 0 Å². The monoisotopic (exact) mass is 235 g/mol. The maximum atomic E-state index is 6.00. The van der Waals surface area contributed by atoms with Gasteiger partial charge in [-0.3, -0.25) is 0 Å². The molecular formula is C13H21N3O. The van der Waals surface area contributed by atoms with E-state index in [-0.39, 0.29) is 6.04 Å². The van der Waals surface area contributed by atoms with E-state index in [4.69, 9.17) is 10.5 Å². The minimum absolute atomic E-state index is 0.254. The number of ether oxygens (including phenoxy) is 1. The molecule has 1 atom stereocenters. The molecule has 0 saturated carbocycles. The lowest BCUT2D eigenvalue weighted by molar-refractivity contribution is 0.315. The molecule has 1 saturated heterocycles. The number of hydrogen-bond donors (Lipinski definition) is 1. The average Bonchev–Trinajstić information content (AvgIpc) is 2.37. The predicted molar refractivity (Wildman–Crippen MR) is 69.4 cm³/mol. The van der Waals surface area contributed by atoms with Crippen LogP contribution in [0.2, 0.25) is 0 Å². The highest BCUT2D eigenvalue weighted by atomic mass is 16.5. The highest BCUT2D eigenvalue weighted by Crippen LogP contribution is 2.27. The summed E-state index contributed by atoms with van der Waals surface area (Å²) < 4.78 is 5.73. The molecule has 4 heteroatoms. The van der Waals surface area contributed by atoms with Gasteiger partial charge in [-0.15, -0.1) is 0 Å². The third-order valence-electron chi connectivity index (χ3n) is 2.97. The normalized spacial score (nSPS) is 20.4. The summed E-state index contributed by atoms with van der Waals surface area (Å²) in [5.41, 5.74) is 6.00. The fourth-order valence-electron chi connectivity index (χ4n) is 2.15. The number of pyridine rings is 1. The molecule has 1 aromatic rings. The fraction of sp³-hybridized carbons (Fsp3) is 0.615. The van der Waals surface area contributed by atoms with E-state index in [1.54, 1.807) is 0 Å². The predicted octanol–water partition coefficient (Wildman–Crippen LogP) is 1.80. The van der Waals surface area contributed by atoms with Gasteiger partial charge in [0.1, 0.15) is 0 Å². The van der Waals surface area contributed by atoms with Crippen molar-refractivity contribution in [3.8, 4) is 5.75 Å². The van der Waals surface area contributed by atoms with Crippen LogP contribution in [0.5, 0.6) is 5.75 Å². The van der Waals surface area contributed by atoms with Crippen molar-refractivity contribution < 1.29 is 4.74 Å². The van der Waals surface area contributed by atoms with Crippen molar-refractivity contribution in [3.63, 3.8) is 0 Å². The largest absolute Gasteiger partial charge is 0.490 e. The van der Waals surface area contributed by atoms with Gasteiger partial charge in [-0.25, -0.2) is 4.98 Å². The van der Waals surface area contributed by atoms with Crippen LogP contribution in [0.25, 0.3) is 0 Å². The number of rotatable bonds is 4. The van der Waals surface area contributed by atoms with E-state index >= 15 is 0 Å². The molecule has 94 valence electrons. The molecule has 17 heavy (non-hydrogen) atoms. The van der Waals surface area contributed by atoms with E-state index in [1.165, 1.54) is 0 Å². The standard InChI is InChI=1S/C13H21N3O/c1-2-9-17-12-6-3-7-15-13(12)16-8-4-5-11(14)10-16/h3,6-7,11H,2,4-5,8-10,14H2,1H3/t11-/m1/s1. The number of piperidine rings is 1. The topological polar surface area (TPSA) is 51.4 Å². The fourth-order valence-corrected chi connectivity index (χ4v) is 2.15. The molecule has 1 aliphatic rings. The summed E-state index contributed by atoms with van der Waals surface area (Å²) in [6, 6.07) is 4.15. The number of nitrogens with two attached hydrogens (primary N) is 1. The Bertz CT molecular complexity index is 356. The smallest absolute Gasteiger partial charge is 0.171 e. The maximum absolute atomic E-state index is 6.00. The molecule has 0 aromatic carbocycles. The summed E-state index contributed by atoms with van der Waals surface area (Å²) in [6.07, 6.45) is 5.06. The van der Waals surface area contributed by atoms with E-state index in [1.807, 2.05) is 18.3 Å². The summed E-state index contributed by atoms with van der Waals surface area (Å²) in [6.45, 7) is 4.73. The molecule has 1 fully saturated rings. The van der Waals surface area contributed by atoms with Gasteiger partial charge in [0, 0.05) is 25.3 Å². The molecule has 0 aliphatic carbocycles. The van der Waals surface area contributed by atoms with Crippen LogP contribution < -0.4 is 15.4 Å². The van der Waals surface area contributed by atoms with Crippen molar-refractivity contribution in [1.29, 1.82) is 0 Å². The Morgan fingerprint density at radius 3 is 3.24 bits per heavy atom. The van der Waals surface area contributed by atoms with Crippen LogP contribution >= 0.6 is 0 Å². The molecule has 0 bridgehead atoms. The van der Waals surface area contributed by atoms with Gasteiger partial charge in [0.05, 0.1) is 6.61 Å². The Balaban J connectivity index is 2.12. The second-order valence-electron chi connectivity index (χ2n) is 4.52. The molecule has 0 radical (unpaired) electrons. The average molecular weight is 235 g/mol. The van der Waals surface area contributed by atoms with Gasteiger partial charge in [-0.1, -0.05) is 6.92 Å². The molecule has 2 heterocycles. The highest BCUT2D eigenvalue weighted by molar-refractivity contribution is 5.52. The van der Waals surface area contributed by atoms with Crippen molar-refractivity contribution in [2.75, 3.05) is 24.6 Å². The zero-order valence-corrected chi connectivity index (χ0v) is 10.4. The zero-order valence-electron chi connectivity index (χ0n) is 10.4. The second kappa shape index (κ2) is 5.87.